The van der Waals surface area contributed by atoms with Crippen LogP contribution in [0.1, 0.15) is 11.1 Å². The van der Waals surface area contributed by atoms with Gasteiger partial charge in [-0.1, -0.05) is 72.9 Å². The van der Waals surface area contributed by atoms with E-state index in [9.17, 15) is 0 Å². The van der Waals surface area contributed by atoms with Crippen molar-refractivity contribution in [1.82, 2.24) is 4.90 Å². The van der Waals surface area contributed by atoms with Crippen molar-refractivity contribution < 1.29 is 0 Å². The van der Waals surface area contributed by atoms with Gasteiger partial charge in [0.05, 0.1) is 0 Å². The summed E-state index contributed by atoms with van der Waals surface area (Å²) in [6, 6.07) is 21.1. The minimum atomic E-state index is 0.996. The van der Waals surface area contributed by atoms with Gasteiger partial charge in [0.15, 0.2) is 0 Å². The molecule has 0 N–H and O–H groups in total. The first-order valence-corrected chi connectivity index (χ1v) is 8.25. The first-order chi connectivity index (χ1) is 9.76. The Hall–Kier alpha value is -1.16. The molecule has 20 heavy (non-hydrogen) atoms. The second-order valence-corrected chi connectivity index (χ2v) is 5.72. The van der Waals surface area contributed by atoms with Crippen LogP contribution < -0.4 is 0 Å². The molecule has 2 aromatic rings. The van der Waals surface area contributed by atoms with E-state index in [0.29, 0.717) is 0 Å². The lowest BCUT2D eigenvalue weighted by molar-refractivity contribution is 0.319. The lowest BCUT2D eigenvalue weighted by Gasteiger charge is -2.16. The van der Waals surface area contributed by atoms with Gasteiger partial charge in [0.1, 0.15) is 0 Å². The maximum atomic E-state index is 4.39. The van der Waals surface area contributed by atoms with Crippen LogP contribution in [0.4, 0.5) is 0 Å². The van der Waals surface area contributed by atoms with Gasteiger partial charge in [0.2, 0.25) is 0 Å². The van der Waals surface area contributed by atoms with Crippen LogP contribution in [-0.2, 0) is 13.1 Å². The van der Waals surface area contributed by atoms with Crippen LogP contribution in [0.5, 0.6) is 0 Å². The predicted octanol–water partition coefficient (Wildman–Crippen LogP) is 4.63. The fourth-order valence-corrected chi connectivity index (χ4v) is 1.85. The summed E-state index contributed by atoms with van der Waals surface area (Å²) in [6.45, 7) is 1.99. The normalized spacial score (nSPS) is 9.75. The average molecular weight is 303 g/mol. The second-order valence-electron chi connectivity index (χ2n) is 4.48. The Kier molecular flexibility index (Phi) is 8.96. The number of thioether (sulfide) groups is 1. The quantitative estimate of drug-likeness (QED) is 0.742. The highest BCUT2D eigenvalue weighted by atomic mass is 32.2. The monoisotopic (exact) mass is 303 g/mol. The molecule has 0 aromatic heterocycles. The second kappa shape index (κ2) is 10.6. The summed E-state index contributed by atoms with van der Waals surface area (Å²) in [5.41, 5.74) is 2.72. The van der Waals surface area contributed by atoms with E-state index >= 15 is 0 Å². The third-order valence-corrected chi connectivity index (χ3v) is 3.46. The molecular weight excluding hydrogens is 282 g/mol. The maximum Gasteiger partial charge on any atom is 0.0339 e. The van der Waals surface area contributed by atoms with Crippen molar-refractivity contribution in [3.8, 4) is 0 Å². The summed E-state index contributed by atoms with van der Waals surface area (Å²) in [7, 11) is 2.15. The Morgan fingerprint density at radius 1 is 0.900 bits per heavy atom. The van der Waals surface area contributed by atoms with Crippen molar-refractivity contribution >= 4 is 28.7 Å². The molecule has 0 aliphatic carbocycles. The molecule has 1 nitrogen and oxygen atoms in total. The highest BCUT2D eigenvalue weighted by Crippen LogP contribution is 2.07. The molecule has 0 aliphatic heterocycles. The van der Waals surface area contributed by atoms with Gasteiger partial charge in [-0.05, 0) is 24.4 Å². The van der Waals surface area contributed by atoms with Gasteiger partial charge in [-0.2, -0.15) is 0 Å². The average Bonchev–Trinajstić information content (AvgIpc) is 2.49. The maximum absolute atomic E-state index is 4.39. The summed E-state index contributed by atoms with van der Waals surface area (Å²) in [4.78, 5) is 2.32. The molecule has 0 saturated heterocycles. The largest absolute Gasteiger partial charge is 0.298 e. The van der Waals surface area contributed by atoms with Gasteiger partial charge in [-0.25, -0.2) is 0 Å². The predicted molar refractivity (Wildman–Crippen MR) is 95.2 cm³/mol. The van der Waals surface area contributed by atoms with Crippen LogP contribution in [0, 0.1) is 0 Å². The molecule has 2 rings (SSSR count). The van der Waals surface area contributed by atoms with E-state index in [0.717, 1.165) is 13.1 Å². The van der Waals surface area contributed by atoms with Crippen molar-refractivity contribution in [3.05, 3.63) is 71.8 Å². The van der Waals surface area contributed by atoms with Crippen molar-refractivity contribution in [2.24, 2.45) is 0 Å². The van der Waals surface area contributed by atoms with Crippen LogP contribution in [0.15, 0.2) is 60.7 Å². The number of hydrogen-bond donors (Lipinski definition) is 0. The van der Waals surface area contributed by atoms with E-state index in [-0.39, 0.29) is 0 Å². The van der Waals surface area contributed by atoms with E-state index in [1.54, 1.807) is 16.5 Å². The molecular formula is C17H21NS2. The summed E-state index contributed by atoms with van der Waals surface area (Å²) in [5.74, 6) is 0. The number of benzene rings is 2. The molecule has 0 aliphatic rings. The molecule has 0 fully saturated rings. The fraction of sp³-hybridized carbons (Fsp3) is 0.235. The molecule has 0 radical (unpaired) electrons. The molecule has 3 heteroatoms. The van der Waals surface area contributed by atoms with Gasteiger partial charge in [0, 0.05) is 17.8 Å². The number of thiocarbonyl (C=S) groups is 1. The summed E-state index contributed by atoms with van der Waals surface area (Å²) >= 11 is 5.94. The molecule has 2 aromatic carbocycles. The summed E-state index contributed by atoms with van der Waals surface area (Å²) in [5, 5.41) is 0. The highest BCUT2D eigenvalue weighted by Gasteiger charge is 2.00. The molecule has 106 valence electrons. The van der Waals surface area contributed by atoms with E-state index in [4.69, 9.17) is 0 Å². The van der Waals surface area contributed by atoms with Crippen LogP contribution in [0.2, 0.25) is 0 Å². The minimum absolute atomic E-state index is 0.996. The molecule has 0 saturated carbocycles. The molecule has 0 unspecified atom stereocenters. The molecule has 0 atom stereocenters. The lowest BCUT2D eigenvalue weighted by Crippen LogP contribution is -2.16. The molecule has 0 spiro atoms. The zero-order valence-corrected chi connectivity index (χ0v) is 13.7. The third-order valence-electron chi connectivity index (χ3n) is 2.69. The molecule has 0 bridgehead atoms. The molecule has 0 heterocycles. The van der Waals surface area contributed by atoms with Crippen LogP contribution in [0.3, 0.4) is 0 Å². The summed E-state index contributed by atoms with van der Waals surface area (Å²) < 4.78 is 1.62. The van der Waals surface area contributed by atoms with Gasteiger partial charge in [-0.3, -0.25) is 4.90 Å². The SMILES string of the molecule is CN(Cc1ccccc1)Cc1ccccc1.CSC=S. The Labute approximate surface area is 132 Å². The smallest absolute Gasteiger partial charge is 0.0339 e. The van der Waals surface area contributed by atoms with Gasteiger partial charge >= 0.3 is 0 Å². The van der Waals surface area contributed by atoms with E-state index in [1.165, 1.54) is 11.1 Å². The van der Waals surface area contributed by atoms with Gasteiger partial charge in [-0.15, -0.1) is 11.8 Å². The Morgan fingerprint density at radius 3 is 1.55 bits per heavy atom. The van der Waals surface area contributed by atoms with Gasteiger partial charge in [0.25, 0.3) is 0 Å². The first kappa shape index (κ1) is 16.9. The zero-order valence-electron chi connectivity index (χ0n) is 12.0. The molecule has 0 amide bonds. The van der Waals surface area contributed by atoms with Crippen LogP contribution in [0.25, 0.3) is 0 Å². The van der Waals surface area contributed by atoms with Crippen molar-refractivity contribution in [2.75, 3.05) is 13.3 Å². The first-order valence-electron chi connectivity index (χ1n) is 6.49. The number of nitrogens with zero attached hydrogens (tertiary/aromatic N) is 1. The van der Waals surface area contributed by atoms with Crippen LogP contribution >= 0.6 is 24.0 Å². The minimum Gasteiger partial charge on any atom is -0.298 e. The Balaban J connectivity index is 0.000000444. The van der Waals surface area contributed by atoms with Crippen LogP contribution in [-0.4, -0.2) is 22.9 Å². The lowest BCUT2D eigenvalue weighted by atomic mass is 10.2. The van der Waals surface area contributed by atoms with E-state index in [1.807, 2.05) is 6.26 Å². The van der Waals surface area contributed by atoms with E-state index < -0.39 is 0 Å². The highest BCUT2D eigenvalue weighted by molar-refractivity contribution is 8.20. The number of hydrogen-bond acceptors (Lipinski definition) is 3. The van der Waals surface area contributed by atoms with Crippen molar-refractivity contribution in [1.29, 1.82) is 0 Å². The van der Waals surface area contributed by atoms with Gasteiger partial charge < -0.3 is 0 Å². The number of rotatable bonds is 5. The Morgan fingerprint density at radius 2 is 1.25 bits per heavy atom. The van der Waals surface area contributed by atoms with E-state index in [2.05, 4.69) is 84.8 Å². The zero-order chi connectivity index (χ0) is 14.6. The Bertz CT molecular complexity index is 429. The third kappa shape index (κ3) is 7.43. The fourth-order valence-electron chi connectivity index (χ4n) is 1.85. The van der Waals surface area contributed by atoms with Crippen molar-refractivity contribution in [3.63, 3.8) is 0 Å². The topological polar surface area (TPSA) is 3.24 Å². The summed E-state index contributed by atoms with van der Waals surface area (Å²) in [6.07, 6.45) is 1.94. The standard InChI is InChI=1S/C15H17N.C2H4S2/c1-16(12-14-8-4-2-5-9-14)13-15-10-6-3-7-11-15;1-4-2-3/h2-11H,12-13H2,1H3;2H,1H3. The van der Waals surface area contributed by atoms with Crippen molar-refractivity contribution in [2.45, 2.75) is 13.1 Å².